The Kier molecular flexibility index (Phi) is 5.46. The second-order valence-electron chi connectivity index (χ2n) is 7.35. The summed E-state index contributed by atoms with van der Waals surface area (Å²) in [5.41, 5.74) is 0.244. The lowest BCUT2D eigenvalue weighted by molar-refractivity contribution is 0.0925. The summed E-state index contributed by atoms with van der Waals surface area (Å²) in [5, 5.41) is 3.19. The summed E-state index contributed by atoms with van der Waals surface area (Å²) in [6.07, 6.45) is 6.06. The number of aryl methyl sites for hydroxylation is 2. The minimum absolute atomic E-state index is 0.215. The summed E-state index contributed by atoms with van der Waals surface area (Å²) < 4.78 is 6.85. The molecule has 0 saturated carbocycles. The van der Waals surface area contributed by atoms with Crippen LogP contribution in [0.15, 0.2) is 15.5 Å². The molecule has 0 aliphatic carbocycles. The molecule has 0 aromatic carbocycles. The van der Waals surface area contributed by atoms with Gasteiger partial charge in [0.25, 0.3) is 11.5 Å². The van der Waals surface area contributed by atoms with E-state index in [1.54, 1.807) is 14.0 Å². The Hall–Kier alpha value is -2.15. The van der Waals surface area contributed by atoms with Gasteiger partial charge in [0.15, 0.2) is 0 Å². The molecule has 0 unspecified atom stereocenters. The molecule has 1 saturated heterocycles. The molecule has 7 nitrogen and oxygen atoms in total. The van der Waals surface area contributed by atoms with Gasteiger partial charge < -0.3 is 14.3 Å². The van der Waals surface area contributed by atoms with E-state index in [0.717, 1.165) is 13.0 Å². The molecule has 2 atom stereocenters. The Balaban J connectivity index is 1.64. The van der Waals surface area contributed by atoms with Crippen molar-refractivity contribution in [3.05, 3.63) is 28.0 Å². The predicted octanol–water partition coefficient (Wildman–Crippen LogP) is 2.22. The van der Waals surface area contributed by atoms with Crippen molar-refractivity contribution in [2.75, 3.05) is 13.1 Å². The average Bonchev–Trinajstić information content (AvgIpc) is 2.94. The molecule has 2 aromatic heterocycles. The Morgan fingerprint density at radius 1 is 1.35 bits per heavy atom. The molecule has 3 rings (SSSR count). The molecule has 26 heavy (non-hydrogen) atoms. The second-order valence-corrected chi connectivity index (χ2v) is 7.35. The zero-order valence-corrected chi connectivity index (χ0v) is 16.0. The maximum Gasteiger partial charge on any atom is 0.265 e. The lowest BCUT2D eigenvalue weighted by Crippen LogP contribution is -2.44. The first-order valence-electron chi connectivity index (χ1n) is 9.38. The maximum absolute atomic E-state index is 12.6. The fourth-order valence-electron chi connectivity index (χ4n) is 3.93. The molecule has 0 radical (unpaired) electrons. The topological polar surface area (TPSA) is 80.4 Å². The molecule has 1 amide bonds. The Bertz CT molecular complexity index is 844. The zero-order valence-electron chi connectivity index (χ0n) is 16.0. The number of nitrogens with zero attached hydrogens (tertiary/aromatic N) is 3. The minimum atomic E-state index is -0.272. The monoisotopic (exact) mass is 360 g/mol. The van der Waals surface area contributed by atoms with Crippen LogP contribution in [0.1, 0.15) is 55.6 Å². The third-order valence-corrected chi connectivity index (χ3v) is 5.43. The van der Waals surface area contributed by atoms with Gasteiger partial charge in [-0.15, -0.1) is 0 Å². The maximum atomic E-state index is 12.6. The molecule has 3 heterocycles. The number of likely N-dealkylation sites (tertiary alicyclic amines) is 1. The SMILES string of the molecule is Cc1oc2ncn(C)c(=O)c2c1C(=O)NCCCN1[C@H](C)CCC[C@@H]1C. The van der Waals surface area contributed by atoms with Gasteiger partial charge in [-0.05, 0) is 40.0 Å². The molecular formula is C19H28N4O3. The second kappa shape index (κ2) is 7.61. The summed E-state index contributed by atoms with van der Waals surface area (Å²) in [5.74, 6) is 0.151. The van der Waals surface area contributed by atoms with Gasteiger partial charge in [-0.1, -0.05) is 6.42 Å². The van der Waals surface area contributed by atoms with E-state index >= 15 is 0 Å². The summed E-state index contributed by atoms with van der Waals surface area (Å²) in [6.45, 7) is 7.78. The Morgan fingerprint density at radius 3 is 2.73 bits per heavy atom. The molecule has 2 aromatic rings. The molecule has 1 fully saturated rings. The molecular weight excluding hydrogens is 332 g/mol. The summed E-state index contributed by atoms with van der Waals surface area (Å²) >= 11 is 0. The van der Waals surface area contributed by atoms with Crippen LogP contribution in [0.2, 0.25) is 0 Å². The van der Waals surface area contributed by atoms with E-state index in [2.05, 4.69) is 29.0 Å². The largest absolute Gasteiger partial charge is 0.442 e. The number of nitrogens with one attached hydrogen (secondary N) is 1. The number of carbonyl (C=O) groups is 1. The van der Waals surface area contributed by atoms with Crippen molar-refractivity contribution < 1.29 is 9.21 Å². The van der Waals surface area contributed by atoms with Crippen LogP contribution in [0, 0.1) is 6.92 Å². The van der Waals surface area contributed by atoms with Gasteiger partial charge in [0.1, 0.15) is 17.5 Å². The van der Waals surface area contributed by atoms with E-state index in [4.69, 9.17) is 4.42 Å². The Morgan fingerprint density at radius 2 is 2.04 bits per heavy atom. The van der Waals surface area contributed by atoms with E-state index in [1.807, 2.05) is 0 Å². The highest BCUT2D eigenvalue weighted by Gasteiger charge is 2.25. The molecule has 1 aliphatic heterocycles. The van der Waals surface area contributed by atoms with Crippen LogP contribution < -0.4 is 10.9 Å². The van der Waals surface area contributed by atoms with Gasteiger partial charge in [-0.3, -0.25) is 14.5 Å². The number of hydrogen-bond acceptors (Lipinski definition) is 5. The zero-order chi connectivity index (χ0) is 18.8. The van der Waals surface area contributed by atoms with Crippen LogP contribution in [-0.2, 0) is 7.05 Å². The van der Waals surface area contributed by atoms with Crippen LogP contribution in [0.25, 0.3) is 11.1 Å². The smallest absolute Gasteiger partial charge is 0.265 e. The summed E-state index contributed by atoms with van der Waals surface area (Å²) in [7, 11) is 1.61. The van der Waals surface area contributed by atoms with Crippen LogP contribution in [-0.4, -0.2) is 45.5 Å². The van der Waals surface area contributed by atoms with Gasteiger partial charge in [0.05, 0.1) is 5.56 Å². The van der Waals surface area contributed by atoms with Crippen molar-refractivity contribution >= 4 is 17.0 Å². The average molecular weight is 360 g/mol. The number of carbonyl (C=O) groups excluding carboxylic acids is 1. The summed E-state index contributed by atoms with van der Waals surface area (Å²) in [6, 6.07) is 1.20. The van der Waals surface area contributed by atoms with E-state index in [9.17, 15) is 9.59 Å². The first kappa shape index (κ1) is 18.6. The van der Waals surface area contributed by atoms with Crippen molar-refractivity contribution in [3.8, 4) is 0 Å². The fourth-order valence-corrected chi connectivity index (χ4v) is 3.93. The van der Waals surface area contributed by atoms with E-state index in [1.165, 1.54) is 30.2 Å². The first-order chi connectivity index (χ1) is 12.4. The van der Waals surface area contributed by atoms with Crippen LogP contribution >= 0.6 is 0 Å². The van der Waals surface area contributed by atoms with Gasteiger partial charge in [0.2, 0.25) is 5.71 Å². The standard InChI is InChI=1S/C19H28N4O3/c1-12-7-5-8-13(2)23(12)10-6-9-20-17(24)15-14(3)26-18-16(15)19(25)22(4)11-21-18/h11-13H,5-10H2,1-4H3,(H,20,24)/t12-,13+. The fraction of sp³-hybridized carbons (Fsp3) is 0.632. The van der Waals surface area contributed by atoms with Gasteiger partial charge in [-0.2, -0.15) is 0 Å². The highest BCUT2D eigenvalue weighted by atomic mass is 16.3. The molecule has 7 heteroatoms. The number of aromatic nitrogens is 2. The quantitative estimate of drug-likeness (QED) is 0.827. The first-order valence-corrected chi connectivity index (χ1v) is 9.38. The lowest BCUT2D eigenvalue weighted by atomic mass is 9.97. The van der Waals surface area contributed by atoms with Crippen LogP contribution in [0.3, 0.4) is 0 Å². The van der Waals surface area contributed by atoms with Gasteiger partial charge in [-0.25, -0.2) is 4.98 Å². The molecule has 1 aliphatic rings. The van der Waals surface area contributed by atoms with Crippen molar-refractivity contribution in [3.63, 3.8) is 0 Å². The van der Waals surface area contributed by atoms with Gasteiger partial charge >= 0.3 is 0 Å². The van der Waals surface area contributed by atoms with E-state index in [-0.39, 0.29) is 22.6 Å². The number of rotatable bonds is 5. The third kappa shape index (κ3) is 3.53. The number of amides is 1. The minimum Gasteiger partial charge on any atom is -0.442 e. The van der Waals surface area contributed by atoms with Crippen molar-refractivity contribution in [1.82, 2.24) is 19.8 Å². The number of furan rings is 1. The number of hydrogen-bond donors (Lipinski definition) is 1. The van der Waals surface area contributed by atoms with E-state index in [0.29, 0.717) is 30.0 Å². The van der Waals surface area contributed by atoms with Crippen molar-refractivity contribution in [1.29, 1.82) is 0 Å². The highest BCUT2D eigenvalue weighted by molar-refractivity contribution is 6.06. The number of piperidine rings is 1. The highest BCUT2D eigenvalue weighted by Crippen LogP contribution is 2.23. The molecule has 0 spiro atoms. The lowest BCUT2D eigenvalue weighted by Gasteiger charge is -2.39. The third-order valence-electron chi connectivity index (χ3n) is 5.43. The Labute approximate surface area is 153 Å². The van der Waals surface area contributed by atoms with Crippen LogP contribution in [0.5, 0.6) is 0 Å². The molecule has 1 N–H and O–H groups in total. The number of fused-ring (bicyclic) bond motifs is 1. The van der Waals surface area contributed by atoms with Crippen molar-refractivity contribution in [2.24, 2.45) is 7.05 Å². The van der Waals surface area contributed by atoms with Crippen LogP contribution in [0.4, 0.5) is 0 Å². The van der Waals surface area contributed by atoms with Crippen molar-refractivity contribution in [2.45, 2.75) is 58.5 Å². The molecule has 142 valence electrons. The summed E-state index contributed by atoms with van der Waals surface area (Å²) in [4.78, 5) is 31.6. The molecule has 0 bridgehead atoms. The van der Waals surface area contributed by atoms with Gasteiger partial charge in [0, 0.05) is 32.2 Å². The predicted molar refractivity (Wildman–Crippen MR) is 100 cm³/mol. The normalized spacial score (nSPS) is 21.2. The van der Waals surface area contributed by atoms with E-state index < -0.39 is 0 Å².